The summed E-state index contributed by atoms with van der Waals surface area (Å²) in [6.45, 7) is 5.80. The van der Waals surface area contributed by atoms with Gasteiger partial charge in [-0.05, 0) is 61.4 Å². The molecule has 1 unspecified atom stereocenters. The van der Waals surface area contributed by atoms with E-state index in [1.54, 1.807) is 29.2 Å². The predicted molar refractivity (Wildman–Crippen MR) is 106 cm³/mol. The highest BCUT2D eigenvalue weighted by Gasteiger charge is 2.35. The highest BCUT2D eigenvalue weighted by molar-refractivity contribution is 6.03. The number of nitrogens with zero attached hydrogens (tertiary/aromatic N) is 1. The monoisotopic (exact) mass is 365 g/mol. The van der Waals surface area contributed by atoms with Crippen LogP contribution < -0.4 is 15.5 Å². The van der Waals surface area contributed by atoms with Gasteiger partial charge in [0.25, 0.3) is 0 Å². The van der Waals surface area contributed by atoms with E-state index in [1.165, 1.54) is 6.92 Å². The summed E-state index contributed by atoms with van der Waals surface area (Å²) in [7, 11) is 0. The molecule has 3 amide bonds. The van der Waals surface area contributed by atoms with Gasteiger partial charge in [0.05, 0.1) is 5.92 Å². The third kappa shape index (κ3) is 4.34. The van der Waals surface area contributed by atoms with Gasteiger partial charge in [-0.2, -0.15) is 0 Å². The van der Waals surface area contributed by atoms with Gasteiger partial charge in [-0.3, -0.25) is 14.4 Å². The number of anilines is 3. The normalized spacial score (nSPS) is 16.3. The molecule has 2 aromatic rings. The first-order valence-electron chi connectivity index (χ1n) is 8.89. The molecule has 0 aromatic heterocycles. The van der Waals surface area contributed by atoms with E-state index in [4.69, 9.17) is 0 Å². The minimum Gasteiger partial charge on any atom is -0.326 e. The number of hydrogen-bond donors (Lipinski definition) is 2. The second kappa shape index (κ2) is 7.61. The number of aryl methyl sites for hydroxylation is 2. The van der Waals surface area contributed by atoms with Crippen LogP contribution in [0.5, 0.6) is 0 Å². The van der Waals surface area contributed by atoms with Crippen molar-refractivity contribution in [1.29, 1.82) is 0 Å². The first-order chi connectivity index (χ1) is 12.8. The van der Waals surface area contributed by atoms with Gasteiger partial charge in [-0.25, -0.2) is 0 Å². The third-order valence-corrected chi connectivity index (χ3v) is 4.77. The van der Waals surface area contributed by atoms with E-state index < -0.39 is 5.92 Å². The fourth-order valence-corrected chi connectivity index (χ4v) is 3.12. The average Bonchev–Trinajstić information content (AvgIpc) is 3.00. The van der Waals surface area contributed by atoms with Crippen molar-refractivity contribution in [2.45, 2.75) is 27.2 Å². The van der Waals surface area contributed by atoms with Crippen LogP contribution in [-0.4, -0.2) is 24.3 Å². The molecule has 2 N–H and O–H groups in total. The molecule has 0 radical (unpaired) electrons. The second-order valence-electron chi connectivity index (χ2n) is 6.92. The summed E-state index contributed by atoms with van der Waals surface area (Å²) in [5, 5.41) is 5.60. The van der Waals surface area contributed by atoms with Crippen LogP contribution in [0.15, 0.2) is 42.5 Å². The number of benzene rings is 2. The van der Waals surface area contributed by atoms with Crippen molar-refractivity contribution in [3.05, 3.63) is 53.6 Å². The van der Waals surface area contributed by atoms with Crippen molar-refractivity contribution >= 4 is 34.8 Å². The molecule has 3 rings (SSSR count). The summed E-state index contributed by atoms with van der Waals surface area (Å²) in [6, 6.07) is 12.8. The maximum atomic E-state index is 12.6. The van der Waals surface area contributed by atoms with Crippen LogP contribution in [0.2, 0.25) is 0 Å². The third-order valence-electron chi connectivity index (χ3n) is 4.77. The maximum Gasteiger partial charge on any atom is 0.229 e. The zero-order chi connectivity index (χ0) is 19.6. The molecule has 0 bridgehead atoms. The molecule has 1 aliphatic heterocycles. The van der Waals surface area contributed by atoms with Crippen molar-refractivity contribution < 1.29 is 14.4 Å². The molecule has 140 valence electrons. The first kappa shape index (κ1) is 18.6. The molecule has 1 aliphatic rings. The fourth-order valence-electron chi connectivity index (χ4n) is 3.12. The number of hydrogen-bond acceptors (Lipinski definition) is 3. The Morgan fingerprint density at radius 1 is 0.963 bits per heavy atom. The van der Waals surface area contributed by atoms with Gasteiger partial charge in [0, 0.05) is 37.0 Å². The summed E-state index contributed by atoms with van der Waals surface area (Å²) < 4.78 is 0. The second-order valence-corrected chi connectivity index (χ2v) is 6.92. The lowest BCUT2D eigenvalue weighted by Gasteiger charge is -2.17. The highest BCUT2D eigenvalue weighted by Crippen LogP contribution is 2.27. The molecule has 0 spiro atoms. The Kier molecular flexibility index (Phi) is 5.26. The minimum absolute atomic E-state index is 0.0810. The van der Waals surface area contributed by atoms with E-state index in [1.807, 2.05) is 32.0 Å². The number of nitrogens with one attached hydrogen (secondary N) is 2. The van der Waals surface area contributed by atoms with E-state index >= 15 is 0 Å². The van der Waals surface area contributed by atoms with Crippen LogP contribution in [0, 0.1) is 19.8 Å². The molecule has 0 aliphatic carbocycles. The Hall–Kier alpha value is -3.15. The van der Waals surface area contributed by atoms with E-state index in [2.05, 4.69) is 10.6 Å². The summed E-state index contributed by atoms with van der Waals surface area (Å²) in [6.07, 6.45) is 0.185. The first-order valence-corrected chi connectivity index (χ1v) is 8.89. The molecule has 1 atom stereocenters. The Bertz CT molecular complexity index is 890. The van der Waals surface area contributed by atoms with Gasteiger partial charge >= 0.3 is 0 Å². The van der Waals surface area contributed by atoms with E-state index in [0.29, 0.717) is 12.2 Å². The molecule has 27 heavy (non-hydrogen) atoms. The molecule has 0 saturated carbocycles. The van der Waals surface area contributed by atoms with Gasteiger partial charge in [0.15, 0.2) is 0 Å². The molecule has 1 heterocycles. The number of carbonyl (C=O) groups is 3. The van der Waals surface area contributed by atoms with Gasteiger partial charge in [-0.1, -0.05) is 6.07 Å². The minimum atomic E-state index is -0.394. The van der Waals surface area contributed by atoms with E-state index in [0.717, 1.165) is 22.5 Å². The maximum absolute atomic E-state index is 12.6. The summed E-state index contributed by atoms with van der Waals surface area (Å²) in [5.74, 6) is -0.774. The van der Waals surface area contributed by atoms with Gasteiger partial charge < -0.3 is 15.5 Å². The van der Waals surface area contributed by atoms with E-state index in [9.17, 15) is 14.4 Å². The SMILES string of the molecule is CC(=O)Nc1ccc(N2CC(C(=O)Nc3ccc(C)c(C)c3)CC2=O)cc1. The smallest absolute Gasteiger partial charge is 0.229 e. The van der Waals surface area contributed by atoms with Crippen LogP contribution in [-0.2, 0) is 14.4 Å². The van der Waals surface area contributed by atoms with Crippen molar-refractivity contribution in [2.75, 3.05) is 22.1 Å². The quantitative estimate of drug-likeness (QED) is 0.873. The molecular formula is C21H23N3O3. The molecule has 6 heteroatoms. The topological polar surface area (TPSA) is 78.5 Å². The zero-order valence-electron chi connectivity index (χ0n) is 15.7. The van der Waals surface area contributed by atoms with Crippen LogP contribution in [0.1, 0.15) is 24.5 Å². The molecule has 1 fully saturated rings. The summed E-state index contributed by atoms with van der Waals surface area (Å²) in [4.78, 5) is 37.7. The summed E-state index contributed by atoms with van der Waals surface area (Å²) >= 11 is 0. The lowest BCUT2D eigenvalue weighted by Crippen LogP contribution is -2.28. The van der Waals surface area contributed by atoms with Crippen molar-refractivity contribution in [3.8, 4) is 0 Å². The van der Waals surface area contributed by atoms with Gasteiger partial charge in [0.2, 0.25) is 17.7 Å². The standard InChI is InChI=1S/C21H23N3O3/c1-13-4-5-18(10-14(13)2)23-21(27)16-11-20(26)24(12-16)19-8-6-17(7-9-19)22-15(3)25/h4-10,16H,11-12H2,1-3H3,(H,22,25)(H,23,27). The largest absolute Gasteiger partial charge is 0.326 e. The van der Waals surface area contributed by atoms with Crippen molar-refractivity contribution in [3.63, 3.8) is 0 Å². The van der Waals surface area contributed by atoms with Crippen molar-refractivity contribution in [1.82, 2.24) is 0 Å². The molecule has 2 aromatic carbocycles. The lowest BCUT2D eigenvalue weighted by molar-refractivity contribution is -0.122. The molecule has 6 nitrogen and oxygen atoms in total. The molecular weight excluding hydrogens is 342 g/mol. The van der Waals surface area contributed by atoms with Crippen LogP contribution in [0.4, 0.5) is 17.1 Å². The number of amides is 3. The van der Waals surface area contributed by atoms with Crippen LogP contribution in [0.25, 0.3) is 0 Å². The Balaban J connectivity index is 1.66. The summed E-state index contributed by atoms with van der Waals surface area (Å²) in [5.41, 5.74) is 4.40. The Morgan fingerprint density at radius 3 is 2.26 bits per heavy atom. The Morgan fingerprint density at radius 2 is 1.63 bits per heavy atom. The number of carbonyl (C=O) groups excluding carboxylic acids is 3. The van der Waals surface area contributed by atoms with Crippen molar-refractivity contribution in [2.24, 2.45) is 5.92 Å². The highest BCUT2D eigenvalue weighted by atomic mass is 16.2. The fraction of sp³-hybridized carbons (Fsp3) is 0.286. The molecule has 1 saturated heterocycles. The predicted octanol–water partition coefficient (Wildman–Crippen LogP) is 3.25. The number of rotatable bonds is 4. The van der Waals surface area contributed by atoms with Crippen LogP contribution >= 0.6 is 0 Å². The van der Waals surface area contributed by atoms with Gasteiger partial charge in [-0.15, -0.1) is 0 Å². The van der Waals surface area contributed by atoms with Crippen LogP contribution in [0.3, 0.4) is 0 Å². The zero-order valence-corrected chi connectivity index (χ0v) is 15.7. The van der Waals surface area contributed by atoms with Gasteiger partial charge in [0.1, 0.15) is 0 Å². The average molecular weight is 365 g/mol. The Labute approximate surface area is 158 Å². The lowest BCUT2D eigenvalue weighted by atomic mass is 10.1. The van der Waals surface area contributed by atoms with E-state index in [-0.39, 0.29) is 24.1 Å².